The minimum atomic E-state index is -0.487. The van der Waals surface area contributed by atoms with Gasteiger partial charge in [-0.15, -0.1) is 0 Å². The lowest BCUT2D eigenvalue weighted by Crippen LogP contribution is -2.49. The first-order valence-electron chi connectivity index (χ1n) is 6.11. The summed E-state index contributed by atoms with van der Waals surface area (Å²) in [4.78, 5) is 13.9. The summed E-state index contributed by atoms with van der Waals surface area (Å²) in [6.45, 7) is 2.47. The normalized spacial score (nSPS) is 27.5. The minimum absolute atomic E-state index is 0.0174. The van der Waals surface area contributed by atoms with Gasteiger partial charge >= 0.3 is 0 Å². The van der Waals surface area contributed by atoms with Crippen LogP contribution in [0.5, 0.6) is 0 Å². The number of amides is 1. The summed E-state index contributed by atoms with van der Waals surface area (Å²) in [5.74, 6) is 0.599. The number of hydrogen-bond acceptors (Lipinski definition) is 3. The van der Waals surface area contributed by atoms with Crippen molar-refractivity contribution >= 4 is 5.91 Å². The maximum Gasteiger partial charge on any atom is 0.253 e. The van der Waals surface area contributed by atoms with Gasteiger partial charge in [-0.25, -0.2) is 0 Å². The Morgan fingerprint density at radius 1 is 1.50 bits per heavy atom. The molecule has 0 heterocycles. The van der Waals surface area contributed by atoms with E-state index in [4.69, 9.17) is 10.5 Å². The number of carbonyl (C=O) groups is 1. The zero-order valence-corrected chi connectivity index (χ0v) is 10.6. The number of carbonyl (C=O) groups excluding carboxylic acids is 1. The van der Waals surface area contributed by atoms with Crippen LogP contribution in [0.25, 0.3) is 0 Å². The van der Waals surface area contributed by atoms with Crippen molar-refractivity contribution in [2.75, 3.05) is 20.7 Å². The van der Waals surface area contributed by atoms with Crippen LogP contribution >= 0.6 is 0 Å². The van der Waals surface area contributed by atoms with Gasteiger partial charge in [0.1, 0.15) is 6.10 Å². The average Bonchev–Trinajstić information content (AvgIpc) is 2.30. The largest absolute Gasteiger partial charge is 0.370 e. The predicted molar refractivity (Wildman–Crippen MR) is 64.0 cm³/mol. The number of nitrogens with two attached hydrogens (primary N) is 1. The monoisotopic (exact) mass is 228 g/mol. The molecule has 4 nitrogen and oxygen atoms in total. The van der Waals surface area contributed by atoms with E-state index in [0.29, 0.717) is 12.0 Å². The molecule has 0 spiro atoms. The summed E-state index contributed by atoms with van der Waals surface area (Å²) < 4.78 is 5.09. The van der Waals surface area contributed by atoms with Crippen LogP contribution in [0.15, 0.2) is 0 Å². The topological polar surface area (TPSA) is 55.6 Å². The van der Waals surface area contributed by atoms with Crippen molar-refractivity contribution in [1.82, 2.24) is 4.90 Å². The quantitative estimate of drug-likeness (QED) is 0.781. The van der Waals surface area contributed by atoms with E-state index in [0.717, 1.165) is 6.42 Å². The van der Waals surface area contributed by atoms with E-state index in [9.17, 15) is 4.79 Å². The van der Waals surface area contributed by atoms with Gasteiger partial charge in [0.25, 0.3) is 5.91 Å². The van der Waals surface area contributed by atoms with Gasteiger partial charge in [0.15, 0.2) is 0 Å². The zero-order chi connectivity index (χ0) is 12.1. The molecular formula is C12H24N2O2. The molecule has 1 amide bonds. The van der Waals surface area contributed by atoms with Gasteiger partial charge in [-0.3, -0.25) is 4.79 Å². The fourth-order valence-corrected chi connectivity index (χ4v) is 2.56. The molecule has 0 radical (unpaired) electrons. The fourth-order valence-electron chi connectivity index (χ4n) is 2.56. The number of hydrogen-bond donors (Lipinski definition) is 1. The molecule has 16 heavy (non-hydrogen) atoms. The first-order valence-corrected chi connectivity index (χ1v) is 6.11. The van der Waals surface area contributed by atoms with Crippen molar-refractivity contribution in [3.05, 3.63) is 0 Å². The van der Waals surface area contributed by atoms with Crippen LogP contribution in [-0.4, -0.2) is 43.7 Å². The van der Waals surface area contributed by atoms with Crippen molar-refractivity contribution in [3.8, 4) is 0 Å². The van der Waals surface area contributed by atoms with Crippen LogP contribution in [0.2, 0.25) is 0 Å². The van der Waals surface area contributed by atoms with Crippen molar-refractivity contribution in [2.24, 2.45) is 11.7 Å². The van der Waals surface area contributed by atoms with Crippen molar-refractivity contribution < 1.29 is 9.53 Å². The molecule has 0 aliphatic heterocycles. The SMILES string of the molecule is COC(CN)C(=O)N(C)C1CCCCC1C. The molecule has 3 unspecified atom stereocenters. The number of methoxy groups -OCH3 is 1. The molecule has 4 heteroatoms. The van der Waals surface area contributed by atoms with Crippen molar-refractivity contribution in [2.45, 2.75) is 44.8 Å². The standard InChI is InChI=1S/C12H24N2O2/c1-9-6-4-5-7-10(9)14(2)12(15)11(8-13)16-3/h9-11H,4-8,13H2,1-3H3. The lowest BCUT2D eigenvalue weighted by Gasteiger charge is -2.37. The molecule has 0 saturated heterocycles. The van der Waals surface area contributed by atoms with E-state index >= 15 is 0 Å². The molecule has 1 aliphatic carbocycles. The number of likely N-dealkylation sites (N-methyl/N-ethyl adjacent to an activating group) is 1. The Bertz CT molecular complexity index is 229. The van der Waals surface area contributed by atoms with Crippen LogP contribution in [-0.2, 0) is 9.53 Å². The van der Waals surface area contributed by atoms with Gasteiger partial charge in [-0.1, -0.05) is 19.8 Å². The third-order valence-electron chi connectivity index (χ3n) is 3.69. The highest BCUT2D eigenvalue weighted by atomic mass is 16.5. The van der Waals surface area contributed by atoms with E-state index in [1.54, 1.807) is 0 Å². The predicted octanol–water partition coefficient (Wildman–Crippen LogP) is 0.997. The maximum atomic E-state index is 12.1. The Hall–Kier alpha value is -0.610. The van der Waals surface area contributed by atoms with E-state index in [2.05, 4.69) is 6.92 Å². The van der Waals surface area contributed by atoms with Crippen molar-refractivity contribution in [3.63, 3.8) is 0 Å². The second-order valence-corrected chi connectivity index (χ2v) is 4.74. The second kappa shape index (κ2) is 6.21. The second-order valence-electron chi connectivity index (χ2n) is 4.74. The van der Waals surface area contributed by atoms with Gasteiger partial charge in [0.05, 0.1) is 0 Å². The van der Waals surface area contributed by atoms with Crippen LogP contribution in [0.4, 0.5) is 0 Å². The summed E-state index contributed by atoms with van der Waals surface area (Å²) in [5, 5.41) is 0. The van der Waals surface area contributed by atoms with Gasteiger partial charge in [-0.05, 0) is 18.8 Å². The summed E-state index contributed by atoms with van der Waals surface area (Å²) in [5.41, 5.74) is 5.51. The molecule has 0 bridgehead atoms. The number of rotatable bonds is 4. The Balaban J connectivity index is 2.60. The van der Waals surface area contributed by atoms with Crippen molar-refractivity contribution in [1.29, 1.82) is 0 Å². The fraction of sp³-hybridized carbons (Fsp3) is 0.917. The molecular weight excluding hydrogens is 204 g/mol. The summed E-state index contributed by atoms with van der Waals surface area (Å²) in [6.07, 6.45) is 4.32. The lowest BCUT2D eigenvalue weighted by molar-refractivity contribution is -0.143. The molecule has 0 aromatic rings. The maximum absolute atomic E-state index is 12.1. The van der Waals surface area contributed by atoms with E-state index < -0.39 is 6.10 Å². The Morgan fingerprint density at radius 2 is 2.12 bits per heavy atom. The third-order valence-corrected chi connectivity index (χ3v) is 3.69. The van der Waals surface area contributed by atoms with Gasteiger partial charge in [0, 0.05) is 26.7 Å². The zero-order valence-electron chi connectivity index (χ0n) is 10.6. The van der Waals surface area contributed by atoms with Crippen LogP contribution in [0, 0.1) is 5.92 Å². The molecule has 1 rings (SSSR count). The molecule has 2 N–H and O–H groups in total. The Labute approximate surface area is 98.1 Å². The molecule has 94 valence electrons. The van der Waals surface area contributed by atoms with E-state index in [1.807, 2.05) is 11.9 Å². The highest BCUT2D eigenvalue weighted by Gasteiger charge is 2.30. The smallest absolute Gasteiger partial charge is 0.253 e. The average molecular weight is 228 g/mol. The molecule has 0 aromatic carbocycles. The van der Waals surface area contributed by atoms with Crippen LogP contribution < -0.4 is 5.73 Å². The Morgan fingerprint density at radius 3 is 2.62 bits per heavy atom. The van der Waals surface area contributed by atoms with E-state index in [-0.39, 0.29) is 12.5 Å². The Kier molecular flexibility index (Phi) is 5.22. The molecule has 1 aliphatic rings. The molecule has 1 fully saturated rings. The first-order chi connectivity index (χ1) is 7.61. The van der Waals surface area contributed by atoms with Gasteiger partial charge < -0.3 is 15.4 Å². The van der Waals surface area contributed by atoms with Crippen LogP contribution in [0.3, 0.4) is 0 Å². The van der Waals surface area contributed by atoms with E-state index in [1.165, 1.54) is 26.4 Å². The first kappa shape index (κ1) is 13.5. The summed E-state index contributed by atoms with van der Waals surface area (Å²) in [7, 11) is 3.41. The highest BCUT2D eigenvalue weighted by Crippen LogP contribution is 2.27. The molecule has 3 atom stereocenters. The lowest BCUT2D eigenvalue weighted by atomic mass is 9.85. The molecule has 1 saturated carbocycles. The van der Waals surface area contributed by atoms with Gasteiger partial charge in [0.2, 0.25) is 0 Å². The summed E-state index contributed by atoms with van der Waals surface area (Å²) in [6, 6.07) is 0.352. The highest BCUT2D eigenvalue weighted by molar-refractivity contribution is 5.81. The number of ether oxygens (including phenoxy) is 1. The minimum Gasteiger partial charge on any atom is -0.370 e. The van der Waals surface area contributed by atoms with Crippen LogP contribution in [0.1, 0.15) is 32.6 Å². The third kappa shape index (κ3) is 2.95. The number of nitrogens with zero attached hydrogens (tertiary/aromatic N) is 1. The molecule has 0 aromatic heterocycles. The summed E-state index contributed by atoms with van der Waals surface area (Å²) >= 11 is 0. The van der Waals surface area contributed by atoms with Gasteiger partial charge in [-0.2, -0.15) is 0 Å².